The number of aliphatic imine (C=N–C) groups is 1. The van der Waals surface area contributed by atoms with Crippen molar-refractivity contribution in [2.45, 2.75) is 71.8 Å². The Hall–Kier alpha value is -0.530. The van der Waals surface area contributed by atoms with Crippen molar-refractivity contribution in [1.82, 2.24) is 16.0 Å². The average Bonchev–Trinajstić information content (AvgIpc) is 3.00. The summed E-state index contributed by atoms with van der Waals surface area (Å²) in [6.45, 7) is 7.96. The van der Waals surface area contributed by atoms with E-state index in [1.54, 1.807) is 7.05 Å². The number of hydrogen-bond donors (Lipinski definition) is 3. The summed E-state index contributed by atoms with van der Waals surface area (Å²) < 4.78 is 0. The van der Waals surface area contributed by atoms with Crippen LogP contribution in [-0.4, -0.2) is 38.0 Å². The molecule has 5 nitrogen and oxygen atoms in total. The van der Waals surface area contributed by atoms with Crippen LogP contribution in [0.3, 0.4) is 0 Å². The van der Waals surface area contributed by atoms with Gasteiger partial charge in [-0.2, -0.15) is 0 Å². The average molecular weight is 438 g/mol. The van der Waals surface area contributed by atoms with Gasteiger partial charge in [0.05, 0.1) is 0 Å². The van der Waals surface area contributed by atoms with Crippen molar-refractivity contribution >= 4 is 35.8 Å². The predicted molar refractivity (Wildman–Crippen MR) is 108 cm³/mol. The van der Waals surface area contributed by atoms with Crippen LogP contribution in [0.1, 0.15) is 65.7 Å². The molecule has 6 heteroatoms. The summed E-state index contributed by atoms with van der Waals surface area (Å²) in [5.41, 5.74) is 0.436. The van der Waals surface area contributed by atoms with Crippen LogP contribution in [0.25, 0.3) is 0 Å². The van der Waals surface area contributed by atoms with E-state index in [2.05, 4.69) is 34.8 Å². The molecule has 1 amide bonds. The lowest BCUT2D eigenvalue weighted by molar-refractivity contribution is -0.121. The predicted octanol–water partition coefficient (Wildman–Crippen LogP) is 3.04. The monoisotopic (exact) mass is 438 g/mol. The SMILES string of the molecule is CCC(C)NC(=O)CCNC(=NC)NCC1(CC)CCCC1.I. The van der Waals surface area contributed by atoms with E-state index in [4.69, 9.17) is 0 Å². The minimum Gasteiger partial charge on any atom is -0.356 e. The standard InChI is InChI=1S/C17H34N4O.HI/c1-5-14(3)21-15(22)9-12-19-16(18-4)20-13-17(6-2)10-7-8-11-17;/h14H,5-13H2,1-4H3,(H,21,22)(H2,18,19,20);1H. The zero-order chi connectivity index (χ0) is 16.4. The number of rotatable bonds is 8. The van der Waals surface area contributed by atoms with Crippen LogP contribution >= 0.6 is 24.0 Å². The number of amides is 1. The van der Waals surface area contributed by atoms with Crippen LogP contribution in [0.5, 0.6) is 0 Å². The Bertz CT molecular complexity index is 368. The first kappa shape index (κ1) is 22.5. The second-order valence-corrected chi connectivity index (χ2v) is 6.54. The summed E-state index contributed by atoms with van der Waals surface area (Å²) in [6, 6.07) is 0.247. The molecule has 3 N–H and O–H groups in total. The Balaban J connectivity index is 0.00000484. The summed E-state index contributed by atoms with van der Waals surface area (Å²) in [6.07, 6.45) is 7.96. The van der Waals surface area contributed by atoms with Gasteiger partial charge in [-0.25, -0.2) is 0 Å². The van der Waals surface area contributed by atoms with Crippen LogP contribution in [0.4, 0.5) is 0 Å². The van der Waals surface area contributed by atoms with Gasteiger partial charge >= 0.3 is 0 Å². The van der Waals surface area contributed by atoms with E-state index < -0.39 is 0 Å². The Morgan fingerprint density at radius 1 is 1.22 bits per heavy atom. The zero-order valence-corrected chi connectivity index (χ0v) is 17.5. The normalized spacial score (nSPS) is 18.0. The Kier molecular flexibility index (Phi) is 11.6. The quantitative estimate of drug-likeness (QED) is 0.310. The maximum atomic E-state index is 11.7. The summed E-state index contributed by atoms with van der Waals surface area (Å²) in [5, 5.41) is 9.64. The van der Waals surface area contributed by atoms with Crippen LogP contribution in [0.2, 0.25) is 0 Å². The molecule has 1 fully saturated rings. The number of nitrogens with zero attached hydrogens (tertiary/aromatic N) is 1. The molecule has 1 rings (SSSR count). The van der Waals surface area contributed by atoms with Gasteiger partial charge in [0.2, 0.25) is 5.91 Å². The van der Waals surface area contributed by atoms with Crippen molar-refractivity contribution < 1.29 is 4.79 Å². The Morgan fingerprint density at radius 2 is 1.87 bits per heavy atom. The van der Waals surface area contributed by atoms with Gasteiger partial charge in [0, 0.05) is 32.6 Å². The number of carbonyl (C=O) groups is 1. The van der Waals surface area contributed by atoms with Gasteiger partial charge in [0.15, 0.2) is 5.96 Å². The Labute approximate surface area is 158 Å². The van der Waals surface area contributed by atoms with Gasteiger partial charge in [-0.15, -0.1) is 24.0 Å². The molecule has 23 heavy (non-hydrogen) atoms. The molecule has 0 radical (unpaired) electrons. The van der Waals surface area contributed by atoms with Gasteiger partial charge in [-0.05, 0) is 38.0 Å². The molecule has 1 aliphatic carbocycles. The highest BCUT2D eigenvalue weighted by atomic mass is 127. The molecule has 0 saturated heterocycles. The third-order valence-corrected chi connectivity index (χ3v) is 4.93. The van der Waals surface area contributed by atoms with Crippen LogP contribution in [-0.2, 0) is 4.79 Å². The first-order chi connectivity index (χ1) is 10.5. The molecule has 0 aromatic heterocycles. The van der Waals surface area contributed by atoms with Crippen molar-refractivity contribution in [3.05, 3.63) is 0 Å². The molecule has 0 spiro atoms. The summed E-state index contributed by atoms with van der Waals surface area (Å²) in [5.74, 6) is 0.897. The van der Waals surface area contributed by atoms with Crippen LogP contribution < -0.4 is 16.0 Å². The van der Waals surface area contributed by atoms with Crippen LogP contribution in [0.15, 0.2) is 4.99 Å². The molecule has 0 bridgehead atoms. The van der Waals surface area contributed by atoms with Crippen molar-refractivity contribution in [3.63, 3.8) is 0 Å². The molecule has 1 aliphatic rings. The molecule has 0 aliphatic heterocycles. The number of guanidine groups is 1. The molecular formula is C17H35IN4O. The number of halogens is 1. The summed E-state index contributed by atoms with van der Waals surface area (Å²) in [4.78, 5) is 16.0. The number of carbonyl (C=O) groups excluding carboxylic acids is 1. The fourth-order valence-corrected chi connectivity index (χ4v) is 3.02. The number of nitrogens with one attached hydrogen (secondary N) is 3. The molecule has 0 heterocycles. The molecule has 1 atom stereocenters. The minimum atomic E-state index is 0. The fraction of sp³-hybridized carbons (Fsp3) is 0.882. The van der Waals surface area contributed by atoms with Crippen LogP contribution in [0, 0.1) is 5.41 Å². The molecule has 1 saturated carbocycles. The molecular weight excluding hydrogens is 403 g/mol. The lowest BCUT2D eigenvalue weighted by Gasteiger charge is -2.28. The van der Waals surface area contributed by atoms with E-state index in [1.165, 1.54) is 32.1 Å². The van der Waals surface area contributed by atoms with Gasteiger partial charge in [0.1, 0.15) is 0 Å². The van der Waals surface area contributed by atoms with E-state index in [-0.39, 0.29) is 35.9 Å². The summed E-state index contributed by atoms with van der Waals surface area (Å²) >= 11 is 0. The molecule has 136 valence electrons. The second kappa shape index (κ2) is 11.9. The van der Waals surface area contributed by atoms with E-state index in [0.29, 0.717) is 18.4 Å². The highest BCUT2D eigenvalue weighted by molar-refractivity contribution is 14.0. The van der Waals surface area contributed by atoms with Crippen molar-refractivity contribution in [2.75, 3.05) is 20.1 Å². The van der Waals surface area contributed by atoms with E-state index in [0.717, 1.165) is 18.9 Å². The first-order valence-corrected chi connectivity index (χ1v) is 8.79. The highest BCUT2D eigenvalue weighted by Gasteiger charge is 2.31. The van der Waals surface area contributed by atoms with Crippen molar-refractivity contribution in [1.29, 1.82) is 0 Å². The first-order valence-electron chi connectivity index (χ1n) is 8.79. The van der Waals surface area contributed by atoms with Crippen molar-refractivity contribution in [3.8, 4) is 0 Å². The summed E-state index contributed by atoms with van der Waals surface area (Å²) in [7, 11) is 1.78. The molecule has 0 aromatic carbocycles. The van der Waals surface area contributed by atoms with Gasteiger partial charge < -0.3 is 16.0 Å². The third-order valence-electron chi connectivity index (χ3n) is 4.93. The van der Waals surface area contributed by atoms with Gasteiger partial charge in [-0.1, -0.05) is 26.7 Å². The topological polar surface area (TPSA) is 65.5 Å². The Morgan fingerprint density at radius 3 is 2.39 bits per heavy atom. The highest BCUT2D eigenvalue weighted by Crippen LogP contribution is 2.40. The smallest absolute Gasteiger partial charge is 0.221 e. The molecule has 0 aromatic rings. The maximum absolute atomic E-state index is 11.7. The largest absolute Gasteiger partial charge is 0.356 e. The minimum absolute atomic E-state index is 0. The van der Waals surface area contributed by atoms with Gasteiger partial charge in [0.25, 0.3) is 0 Å². The van der Waals surface area contributed by atoms with E-state index in [9.17, 15) is 4.79 Å². The number of hydrogen-bond acceptors (Lipinski definition) is 2. The third kappa shape index (κ3) is 8.22. The zero-order valence-electron chi connectivity index (χ0n) is 15.2. The van der Waals surface area contributed by atoms with Gasteiger partial charge in [-0.3, -0.25) is 9.79 Å². The maximum Gasteiger partial charge on any atom is 0.221 e. The fourth-order valence-electron chi connectivity index (χ4n) is 3.02. The molecule has 1 unspecified atom stereocenters. The van der Waals surface area contributed by atoms with E-state index >= 15 is 0 Å². The second-order valence-electron chi connectivity index (χ2n) is 6.54. The lowest BCUT2D eigenvalue weighted by Crippen LogP contribution is -2.44. The van der Waals surface area contributed by atoms with Crippen molar-refractivity contribution in [2.24, 2.45) is 10.4 Å². The van der Waals surface area contributed by atoms with E-state index in [1.807, 2.05) is 6.92 Å². The lowest BCUT2D eigenvalue weighted by atomic mass is 9.83.